The molecule has 0 saturated heterocycles. The lowest BCUT2D eigenvalue weighted by molar-refractivity contribution is 0.415. The maximum absolute atomic E-state index is 5.84. The van der Waals surface area contributed by atoms with Crippen molar-refractivity contribution in [1.82, 2.24) is 9.55 Å². The Bertz CT molecular complexity index is 527. The highest BCUT2D eigenvalue weighted by Gasteiger charge is 2.10. The van der Waals surface area contributed by atoms with E-state index in [-0.39, 0.29) is 0 Å². The smallest absolute Gasteiger partial charge is 0.121 e. The number of ether oxygens (including phenoxy) is 1. The van der Waals surface area contributed by atoms with E-state index in [1.165, 1.54) is 0 Å². The second-order valence-corrected chi connectivity index (χ2v) is 5.33. The number of halogens is 1. The highest BCUT2D eigenvalue weighted by atomic mass is 35.5. The second-order valence-electron chi connectivity index (χ2n) is 3.97. The van der Waals surface area contributed by atoms with Crippen LogP contribution in [-0.2, 0) is 13.0 Å². The Morgan fingerprint density at radius 1 is 1.44 bits per heavy atom. The Kier molecular flexibility index (Phi) is 4.78. The van der Waals surface area contributed by atoms with Crippen LogP contribution >= 0.6 is 23.4 Å². The first kappa shape index (κ1) is 13.6. The fraction of sp³-hybridized carbons (Fsp3) is 0.462. The third-order valence-corrected chi connectivity index (χ3v) is 3.65. The van der Waals surface area contributed by atoms with Crippen LogP contribution in [0.2, 0.25) is 0 Å². The molecule has 1 heterocycles. The molecular weight excluding hydrogens is 268 g/mol. The topological polar surface area (TPSA) is 27.1 Å². The number of rotatable bonds is 6. The normalized spacial score (nSPS) is 11.1. The molecule has 0 saturated carbocycles. The fourth-order valence-electron chi connectivity index (χ4n) is 1.99. The first-order valence-electron chi connectivity index (χ1n) is 5.88. The van der Waals surface area contributed by atoms with Crippen molar-refractivity contribution in [2.24, 2.45) is 0 Å². The van der Waals surface area contributed by atoms with Crippen LogP contribution in [0.1, 0.15) is 5.82 Å². The molecule has 0 aliphatic rings. The van der Waals surface area contributed by atoms with Crippen molar-refractivity contribution in [1.29, 1.82) is 0 Å². The minimum Gasteiger partial charge on any atom is -0.497 e. The number of hydrogen-bond donors (Lipinski definition) is 0. The number of nitrogens with zero attached hydrogens (tertiary/aromatic N) is 2. The van der Waals surface area contributed by atoms with E-state index in [4.69, 9.17) is 16.3 Å². The van der Waals surface area contributed by atoms with Crippen LogP contribution < -0.4 is 4.74 Å². The zero-order valence-corrected chi connectivity index (χ0v) is 12.2. The summed E-state index contributed by atoms with van der Waals surface area (Å²) < 4.78 is 7.53. The van der Waals surface area contributed by atoms with Crippen molar-refractivity contribution < 1.29 is 4.74 Å². The zero-order valence-electron chi connectivity index (χ0n) is 10.6. The number of aryl methyl sites for hydroxylation is 2. The van der Waals surface area contributed by atoms with E-state index in [1.807, 2.05) is 30.0 Å². The lowest BCUT2D eigenvalue weighted by Crippen LogP contribution is -2.06. The maximum atomic E-state index is 5.84. The largest absolute Gasteiger partial charge is 0.497 e. The highest BCUT2D eigenvalue weighted by Crippen LogP contribution is 2.22. The molecule has 0 spiro atoms. The number of aromatic nitrogens is 2. The number of alkyl halides is 1. The van der Waals surface area contributed by atoms with Crippen LogP contribution in [0.3, 0.4) is 0 Å². The molecule has 18 heavy (non-hydrogen) atoms. The number of methoxy groups -OCH3 is 1. The summed E-state index contributed by atoms with van der Waals surface area (Å²) in [5, 5.41) is 0. The predicted octanol–water partition coefficient (Wildman–Crippen LogP) is 3.19. The molecular formula is C13H17ClN2OS. The van der Waals surface area contributed by atoms with Gasteiger partial charge >= 0.3 is 0 Å². The molecule has 5 heteroatoms. The van der Waals surface area contributed by atoms with Crippen LogP contribution in [0.5, 0.6) is 5.75 Å². The van der Waals surface area contributed by atoms with Gasteiger partial charge in [0.05, 0.1) is 18.1 Å². The van der Waals surface area contributed by atoms with Gasteiger partial charge in [-0.2, -0.15) is 11.8 Å². The van der Waals surface area contributed by atoms with E-state index in [2.05, 4.69) is 15.8 Å². The molecule has 3 nitrogen and oxygen atoms in total. The molecule has 0 radical (unpaired) electrons. The van der Waals surface area contributed by atoms with Crippen molar-refractivity contribution in [3.8, 4) is 5.75 Å². The van der Waals surface area contributed by atoms with E-state index < -0.39 is 0 Å². The van der Waals surface area contributed by atoms with Gasteiger partial charge in [0.1, 0.15) is 11.6 Å². The Labute approximate surface area is 116 Å². The predicted molar refractivity (Wildman–Crippen MR) is 79.1 cm³/mol. The van der Waals surface area contributed by atoms with Crippen molar-refractivity contribution in [2.75, 3.05) is 25.0 Å². The first-order chi connectivity index (χ1) is 8.80. The third kappa shape index (κ3) is 2.75. The molecule has 2 aromatic rings. The molecule has 0 aliphatic heterocycles. The number of fused-ring (bicyclic) bond motifs is 1. The molecule has 0 N–H and O–H groups in total. The quantitative estimate of drug-likeness (QED) is 0.762. The molecule has 0 unspecified atom stereocenters. The molecule has 1 aromatic heterocycles. The second kappa shape index (κ2) is 6.34. The van der Waals surface area contributed by atoms with Gasteiger partial charge in [0.2, 0.25) is 0 Å². The number of imidazole rings is 1. The Morgan fingerprint density at radius 2 is 2.28 bits per heavy atom. The summed E-state index contributed by atoms with van der Waals surface area (Å²) in [6, 6.07) is 5.99. The lowest BCUT2D eigenvalue weighted by atomic mass is 10.3. The fourth-order valence-corrected chi connectivity index (χ4v) is 2.52. The van der Waals surface area contributed by atoms with Gasteiger partial charge in [0.25, 0.3) is 0 Å². The standard InChI is InChI=1S/C13H17ClN2OS/c1-17-10-3-4-11-12(9-10)16(7-8-18-2)13(15-11)5-6-14/h3-4,9H,5-8H2,1-2H3. The van der Waals surface area contributed by atoms with Crippen LogP contribution in [0.4, 0.5) is 0 Å². The van der Waals surface area contributed by atoms with Gasteiger partial charge in [-0.1, -0.05) is 0 Å². The minimum atomic E-state index is 0.597. The summed E-state index contributed by atoms with van der Waals surface area (Å²) in [6.45, 7) is 0.955. The maximum Gasteiger partial charge on any atom is 0.121 e. The monoisotopic (exact) mass is 284 g/mol. The summed E-state index contributed by atoms with van der Waals surface area (Å²) in [7, 11) is 1.68. The van der Waals surface area contributed by atoms with Gasteiger partial charge in [-0.15, -0.1) is 11.6 Å². The average molecular weight is 285 g/mol. The van der Waals surface area contributed by atoms with Crippen LogP contribution in [0.15, 0.2) is 18.2 Å². The van der Waals surface area contributed by atoms with Crippen molar-refractivity contribution in [2.45, 2.75) is 13.0 Å². The molecule has 0 bridgehead atoms. The number of thioether (sulfide) groups is 1. The van der Waals surface area contributed by atoms with Gasteiger partial charge in [-0.25, -0.2) is 4.98 Å². The van der Waals surface area contributed by atoms with E-state index in [0.29, 0.717) is 5.88 Å². The molecule has 2 rings (SSSR count). The van der Waals surface area contributed by atoms with E-state index in [1.54, 1.807) is 7.11 Å². The Balaban J connectivity index is 2.47. The third-order valence-electron chi connectivity index (χ3n) is 2.87. The summed E-state index contributed by atoms with van der Waals surface area (Å²) in [5.41, 5.74) is 2.14. The van der Waals surface area contributed by atoms with Gasteiger partial charge in [-0.05, 0) is 18.4 Å². The van der Waals surface area contributed by atoms with E-state index in [0.717, 1.165) is 41.3 Å². The summed E-state index contributed by atoms with van der Waals surface area (Å²) in [6.07, 6.45) is 2.91. The Morgan fingerprint density at radius 3 is 2.94 bits per heavy atom. The van der Waals surface area contributed by atoms with Gasteiger partial charge in [0.15, 0.2) is 0 Å². The molecule has 0 aliphatic carbocycles. The lowest BCUT2D eigenvalue weighted by Gasteiger charge is -2.08. The first-order valence-corrected chi connectivity index (χ1v) is 7.81. The summed E-state index contributed by atoms with van der Waals surface area (Å²) >= 11 is 7.68. The molecule has 0 fully saturated rings. The average Bonchev–Trinajstić information content (AvgIpc) is 2.73. The van der Waals surface area contributed by atoms with Crippen molar-refractivity contribution in [3.05, 3.63) is 24.0 Å². The van der Waals surface area contributed by atoms with Gasteiger partial charge in [-0.3, -0.25) is 0 Å². The number of benzene rings is 1. The number of hydrogen-bond acceptors (Lipinski definition) is 3. The van der Waals surface area contributed by atoms with Crippen molar-refractivity contribution >= 4 is 34.4 Å². The summed E-state index contributed by atoms with van der Waals surface area (Å²) in [4.78, 5) is 4.64. The molecule has 98 valence electrons. The van der Waals surface area contributed by atoms with Gasteiger partial charge < -0.3 is 9.30 Å². The van der Waals surface area contributed by atoms with Crippen LogP contribution in [0.25, 0.3) is 11.0 Å². The van der Waals surface area contributed by atoms with E-state index in [9.17, 15) is 0 Å². The minimum absolute atomic E-state index is 0.597. The van der Waals surface area contributed by atoms with Crippen molar-refractivity contribution in [3.63, 3.8) is 0 Å². The van der Waals surface area contributed by atoms with Gasteiger partial charge in [0, 0.05) is 30.7 Å². The SMILES string of the molecule is COc1ccc2nc(CCCl)n(CCSC)c2c1. The van der Waals surface area contributed by atoms with Crippen LogP contribution in [0, 0.1) is 0 Å². The zero-order chi connectivity index (χ0) is 13.0. The van der Waals surface area contributed by atoms with E-state index >= 15 is 0 Å². The summed E-state index contributed by atoms with van der Waals surface area (Å²) in [5.74, 6) is 3.59. The van der Waals surface area contributed by atoms with Crippen LogP contribution in [-0.4, -0.2) is 34.5 Å². The molecule has 1 aromatic carbocycles. The highest BCUT2D eigenvalue weighted by molar-refractivity contribution is 7.98. The Hall–Kier alpha value is -0.870. The molecule has 0 amide bonds. The molecule has 0 atom stereocenters.